The van der Waals surface area contributed by atoms with Crippen molar-refractivity contribution >= 4 is 56.2 Å². The van der Waals surface area contributed by atoms with E-state index in [0.717, 1.165) is 25.7 Å². The van der Waals surface area contributed by atoms with Gasteiger partial charge in [0.1, 0.15) is 14.1 Å². The zero-order chi connectivity index (χ0) is 40.7. The minimum absolute atomic E-state index is 1.03. The minimum Gasteiger partial charge on any atom is -0.347 e. The van der Waals surface area contributed by atoms with Gasteiger partial charge in [0.25, 0.3) is 5.00 Å². The van der Waals surface area contributed by atoms with Gasteiger partial charge in [-0.05, 0) is 163 Å². The molecular weight excluding hydrogens is 721 g/mol. The summed E-state index contributed by atoms with van der Waals surface area (Å²) in [5, 5.41) is 1.41. The molecule has 4 aromatic rings. The molecule has 0 amide bonds. The van der Waals surface area contributed by atoms with Crippen molar-refractivity contribution in [3.05, 3.63) is 135 Å². The van der Waals surface area contributed by atoms with E-state index in [1.54, 1.807) is 0 Å². The molecule has 0 bridgehead atoms. The summed E-state index contributed by atoms with van der Waals surface area (Å²) >= 11 is 3.83. The van der Waals surface area contributed by atoms with Crippen molar-refractivity contribution in [2.45, 2.75) is 109 Å². The Morgan fingerprint density at radius 1 is 0.571 bits per heavy atom. The minimum atomic E-state index is 1.03. The molecule has 56 heavy (non-hydrogen) atoms. The number of benzene rings is 2. The van der Waals surface area contributed by atoms with Crippen LogP contribution in [0.1, 0.15) is 89.7 Å². The van der Waals surface area contributed by atoms with Gasteiger partial charge < -0.3 is 9.80 Å². The number of allylic oxidation sites excluding steroid dienone is 8. The normalized spacial score (nSPS) is 17.8. The van der Waals surface area contributed by atoms with Crippen molar-refractivity contribution in [1.82, 2.24) is 0 Å². The molecule has 4 nitrogen and oxygen atoms in total. The average Bonchev–Trinajstić information content (AvgIpc) is 3.97. The Hall–Kier alpha value is -4.26. The number of rotatable bonds is 4. The lowest BCUT2D eigenvalue weighted by Crippen LogP contribution is -2.13. The third-order valence-corrected chi connectivity index (χ3v) is 15.7. The summed E-state index contributed by atoms with van der Waals surface area (Å²) in [4.78, 5) is 9.06. The molecule has 0 atom stereocenters. The van der Waals surface area contributed by atoms with Gasteiger partial charge in [-0.15, -0.1) is 11.3 Å². The Balaban J connectivity index is 0.000000172. The van der Waals surface area contributed by atoms with E-state index in [1.807, 2.05) is 22.7 Å². The number of hydrogen-bond donors (Lipinski definition) is 0. The molecule has 0 unspecified atom stereocenters. The molecule has 0 N–H and O–H groups in total. The lowest BCUT2D eigenvalue weighted by atomic mass is 9.91. The molecule has 0 saturated heterocycles. The Bertz CT molecular complexity index is 2540. The summed E-state index contributed by atoms with van der Waals surface area (Å²) in [5.74, 6) is 0. The second-order valence-corrected chi connectivity index (χ2v) is 19.6. The topological polar surface area (TPSA) is 12.5 Å². The van der Waals surface area contributed by atoms with Gasteiger partial charge in [0, 0.05) is 87.5 Å². The molecule has 6 heterocycles. The Labute approximate surface area is 345 Å². The number of anilines is 2. The number of hydrogen-bond acceptors (Lipinski definition) is 4. The van der Waals surface area contributed by atoms with Gasteiger partial charge in [-0.1, -0.05) is 11.3 Å². The third kappa shape index (κ3) is 6.81. The molecule has 4 aliphatic rings. The first-order valence-electron chi connectivity index (χ1n) is 20.2. The lowest BCUT2D eigenvalue weighted by Gasteiger charge is -2.21. The van der Waals surface area contributed by atoms with Crippen LogP contribution in [0.5, 0.6) is 0 Å². The first-order valence-corrected chi connectivity index (χ1v) is 21.8. The van der Waals surface area contributed by atoms with Crippen molar-refractivity contribution in [3.63, 3.8) is 0 Å². The molecule has 6 heteroatoms. The predicted molar refractivity (Wildman–Crippen MR) is 246 cm³/mol. The zero-order valence-electron chi connectivity index (χ0n) is 36.9. The second-order valence-electron chi connectivity index (χ2n) is 17.0. The highest BCUT2D eigenvalue weighted by Gasteiger charge is 2.32. The molecule has 0 saturated carbocycles. The van der Waals surface area contributed by atoms with Gasteiger partial charge in [0.05, 0.1) is 18.5 Å². The largest absolute Gasteiger partial charge is 0.347 e. The van der Waals surface area contributed by atoms with Gasteiger partial charge in [-0.25, -0.2) is 0 Å². The van der Waals surface area contributed by atoms with E-state index in [0.29, 0.717) is 0 Å². The van der Waals surface area contributed by atoms with Crippen LogP contribution in [0.2, 0.25) is 0 Å². The van der Waals surface area contributed by atoms with Gasteiger partial charge in [0.2, 0.25) is 5.69 Å². The molecule has 8 rings (SSSR count). The predicted octanol–water partition coefficient (Wildman–Crippen LogP) is 12.2. The standard InChI is InChI=1S/2C25H31N2S/c1-14(9-21-12-20-11-15(2)28-25(20)27(21)8)10-22-13-23-18(5)16(3)17(4)19(6)24(23)26(22)7;1-14(10-21-13-24-23(26(21)7)11-15(2)28-24)9-20-12-22-18(5)16(3)17(4)19(6)25(22)27(20)8/h2*9-11H,12-13H2,1-8H3/q2*+1. The van der Waals surface area contributed by atoms with Crippen molar-refractivity contribution < 1.29 is 9.15 Å². The zero-order valence-corrected chi connectivity index (χ0v) is 38.5. The highest BCUT2D eigenvalue weighted by atomic mass is 32.1. The van der Waals surface area contributed by atoms with Crippen molar-refractivity contribution in [1.29, 1.82) is 0 Å². The van der Waals surface area contributed by atoms with Gasteiger partial charge in [-0.2, -0.15) is 9.15 Å². The Morgan fingerprint density at radius 3 is 1.71 bits per heavy atom. The number of nitrogens with zero attached hydrogens (tertiary/aromatic N) is 4. The van der Waals surface area contributed by atoms with E-state index in [4.69, 9.17) is 0 Å². The first kappa shape index (κ1) is 40.0. The van der Waals surface area contributed by atoms with Crippen molar-refractivity contribution in [2.75, 3.05) is 38.0 Å². The van der Waals surface area contributed by atoms with Gasteiger partial charge in [-0.3, -0.25) is 0 Å². The summed E-state index contributed by atoms with van der Waals surface area (Å²) in [6.45, 7) is 27.0. The Kier molecular flexibility index (Phi) is 10.6. The van der Waals surface area contributed by atoms with Crippen LogP contribution in [-0.4, -0.2) is 48.8 Å². The van der Waals surface area contributed by atoms with Crippen molar-refractivity contribution in [3.8, 4) is 0 Å². The van der Waals surface area contributed by atoms with Crippen LogP contribution < -0.4 is 9.80 Å². The Morgan fingerprint density at radius 2 is 1.11 bits per heavy atom. The quantitative estimate of drug-likeness (QED) is 0.191. The maximum Gasteiger partial charge on any atom is 0.265 e. The van der Waals surface area contributed by atoms with Crippen LogP contribution in [-0.2, 0) is 25.7 Å². The summed E-state index contributed by atoms with van der Waals surface area (Å²) in [6.07, 6.45) is 13.6. The summed E-state index contributed by atoms with van der Waals surface area (Å²) in [6, 6.07) is 4.65. The summed E-state index contributed by atoms with van der Waals surface area (Å²) in [7, 11) is 8.84. The molecule has 4 aliphatic heterocycles. The van der Waals surface area contributed by atoms with Crippen LogP contribution in [0.3, 0.4) is 0 Å². The lowest BCUT2D eigenvalue weighted by molar-refractivity contribution is -0.401. The number of likely N-dealkylation sites (N-methyl/N-ethyl adjacent to an activating group) is 2. The van der Waals surface area contributed by atoms with E-state index in [-0.39, 0.29) is 0 Å². The second kappa shape index (κ2) is 14.9. The molecule has 0 aliphatic carbocycles. The van der Waals surface area contributed by atoms with E-state index >= 15 is 0 Å². The summed E-state index contributed by atoms with van der Waals surface area (Å²) in [5.41, 5.74) is 28.5. The van der Waals surface area contributed by atoms with E-state index in [9.17, 15) is 0 Å². The molecular formula is C50H62N4S2+2. The fourth-order valence-electron chi connectivity index (χ4n) is 9.50. The fraction of sp³-hybridized carbons (Fsp3) is 0.400. The monoisotopic (exact) mass is 782 g/mol. The molecule has 0 radical (unpaired) electrons. The van der Waals surface area contributed by atoms with E-state index in [2.05, 4.69) is 167 Å². The average molecular weight is 783 g/mol. The first-order chi connectivity index (χ1) is 26.4. The van der Waals surface area contributed by atoms with Crippen LogP contribution in [0.25, 0.3) is 0 Å². The molecule has 0 fully saturated rings. The van der Waals surface area contributed by atoms with Crippen LogP contribution in [0.4, 0.5) is 22.1 Å². The van der Waals surface area contributed by atoms with Crippen LogP contribution >= 0.6 is 22.7 Å². The highest BCUT2D eigenvalue weighted by molar-refractivity contribution is 7.15. The van der Waals surface area contributed by atoms with E-state index in [1.165, 1.54) is 132 Å². The third-order valence-electron chi connectivity index (χ3n) is 13.4. The highest BCUT2D eigenvalue weighted by Crippen LogP contribution is 2.43. The van der Waals surface area contributed by atoms with Crippen LogP contribution in [0, 0.1) is 69.2 Å². The fourth-order valence-corrected chi connectivity index (χ4v) is 11.6. The SMILES string of the molecule is CC(=CC1=[N+](C)c2c(C)c(C)c(C)c(C)c2C1)C=C1Cc2sc(C)cc2N1C.CC(=CC1=[N+](C)c2sc(C)cc2C1)C=C1Cc2c(C)c(C)c(C)c(C)c2N1C. The molecule has 2 aromatic heterocycles. The smallest absolute Gasteiger partial charge is 0.265 e. The number of fused-ring (bicyclic) bond motifs is 4. The summed E-state index contributed by atoms with van der Waals surface area (Å²) < 4.78 is 4.77. The van der Waals surface area contributed by atoms with Crippen molar-refractivity contribution in [2.24, 2.45) is 0 Å². The molecule has 2 aromatic carbocycles. The maximum absolute atomic E-state index is 2.41. The van der Waals surface area contributed by atoms with Crippen LogP contribution in [0.15, 0.2) is 59.0 Å². The van der Waals surface area contributed by atoms with Gasteiger partial charge >= 0.3 is 0 Å². The molecule has 0 spiro atoms. The maximum atomic E-state index is 2.41. The number of thiophene rings is 2. The van der Waals surface area contributed by atoms with Gasteiger partial charge in [0.15, 0.2) is 11.4 Å². The molecule has 292 valence electrons. The van der Waals surface area contributed by atoms with E-state index < -0.39 is 0 Å². The number of aryl methyl sites for hydroxylation is 2.